The molecule has 82 valence electrons. The molecule has 2 heterocycles. The Hall–Kier alpha value is -1.88. The Kier molecular flexibility index (Phi) is 2.87. The highest BCUT2D eigenvalue weighted by molar-refractivity contribution is 6.33. The minimum atomic E-state index is -0.269. The molecular weight excluding hydrogens is 228 g/mol. The van der Waals surface area contributed by atoms with E-state index in [4.69, 9.17) is 11.6 Å². The number of carbonyl (C=O) groups excluding carboxylic acids is 1. The Bertz CT molecular complexity index is 523. The fourth-order valence-electron chi connectivity index (χ4n) is 1.23. The molecule has 1 amide bonds. The van der Waals surface area contributed by atoms with Crippen molar-refractivity contribution in [3.8, 4) is 0 Å². The summed E-state index contributed by atoms with van der Waals surface area (Å²) in [5.74, 6) is -0.269. The Balaban J connectivity index is 2.21. The van der Waals surface area contributed by atoms with Gasteiger partial charge >= 0.3 is 0 Å². The van der Waals surface area contributed by atoms with Crippen LogP contribution in [0.3, 0.4) is 0 Å². The molecule has 0 aliphatic carbocycles. The first-order valence-corrected chi connectivity index (χ1v) is 4.93. The molecule has 5 nitrogen and oxygen atoms in total. The first-order valence-electron chi connectivity index (χ1n) is 4.55. The molecule has 2 aromatic heterocycles. The number of nitrogens with zero attached hydrogens (tertiary/aromatic N) is 3. The average Bonchev–Trinajstić information content (AvgIpc) is 2.68. The van der Waals surface area contributed by atoms with Gasteiger partial charge in [-0.05, 0) is 6.07 Å². The smallest absolute Gasteiger partial charge is 0.274 e. The zero-order valence-electron chi connectivity index (χ0n) is 8.51. The molecule has 0 aliphatic rings. The van der Waals surface area contributed by atoms with Gasteiger partial charge in [-0.1, -0.05) is 11.6 Å². The number of hydrogen-bond acceptors (Lipinski definition) is 3. The Labute approximate surface area is 97.1 Å². The van der Waals surface area contributed by atoms with E-state index in [0.29, 0.717) is 16.4 Å². The number of aryl methyl sites for hydroxylation is 1. The number of anilines is 1. The number of aromatic nitrogens is 3. The molecule has 6 heteroatoms. The van der Waals surface area contributed by atoms with Crippen LogP contribution < -0.4 is 5.32 Å². The molecule has 1 N–H and O–H groups in total. The number of halogens is 1. The zero-order valence-corrected chi connectivity index (χ0v) is 9.27. The maximum absolute atomic E-state index is 11.8. The van der Waals surface area contributed by atoms with Crippen molar-refractivity contribution in [1.82, 2.24) is 14.5 Å². The van der Waals surface area contributed by atoms with E-state index >= 15 is 0 Å². The second-order valence-corrected chi connectivity index (χ2v) is 3.61. The summed E-state index contributed by atoms with van der Waals surface area (Å²) in [4.78, 5) is 19.5. The SMILES string of the molecule is Cn1cncc1C(=O)Nc1cnccc1Cl. The van der Waals surface area contributed by atoms with Crippen LogP contribution in [0.1, 0.15) is 10.5 Å². The summed E-state index contributed by atoms with van der Waals surface area (Å²) >= 11 is 5.89. The Morgan fingerprint density at radius 2 is 2.25 bits per heavy atom. The summed E-state index contributed by atoms with van der Waals surface area (Å²) in [6, 6.07) is 1.61. The van der Waals surface area contributed by atoms with Crippen molar-refractivity contribution in [3.05, 3.63) is 41.7 Å². The van der Waals surface area contributed by atoms with E-state index in [1.54, 1.807) is 30.2 Å². The molecule has 2 aromatic rings. The van der Waals surface area contributed by atoms with Crippen molar-refractivity contribution >= 4 is 23.2 Å². The molecule has 0 radical (unpaired) electrons. The van der Waals surface area contributed by atoms with E-state index in [2.05, 4.69) is 15.3 Å². The molecule has 0 atom stereocenters. The van der Waals surface area contributed by atoms with Crippen molar-refractivity contribution in [3.63, 3.8) is 0 Å². The van der Waals surface area contributed by atoms with E-state index in [9.17, 15) is 4.79 Å². The van der Waals surface area contributed by atoms with E-state index in [1.807, 2.05) is 0 Å². The molecule has 0 unspecified atom stereocenters. The normalized spacial score (nSPS) is 10.1. The topological polar surface area (TPSA) is 59.8 Å². The van der Waals surface area contributed by atoms with E-state index in [-0.39, 0.29) is 5.91 Å². The largest absolute Gasteiger partial charge is 0.330 e. The summed E-state index contributed by atoms with van der Waals surface area (Å²) in [5, 5.41) is 3.11. The Morgan fingerprint density at radius 1 is 1.44 bits per heavy atom. The van der Waals surface area contributed by atoms with E-state index in [1.165, 1.54) is 12.4 Å². The second-order valence-electron chi connectivity index (χ2n) is 3.20. The summed E-state index contributed by atoms with van der Waals surface area (Å²) in [6.07, 6.45) is 6.10. The van der Waals surface area contributed by atoms with E-state index < -0.39 is 0 Å². The van der Waals surface area contributed by atoms with Crippen molar-refractivity contribution in [2.24, 2.45) is 7.05 Å². The van der Waals surface area contributed by atoms with Gasteiger partial charge in [-0.2, -0.15) is 0 Å². The third kappa shape index (κ3) is 2.04. The van der Waals surface area contributed by atoms with Crippen LogP contribution in [-0.4, -0.2) is 20.4 Å². The number of amides is 1. The number of imidazole rings is 1. The molecule has 0 aliphatic heterocycles. The maximum atomic E-state index is 11.8. The second kappa shape index (κ2) is 4.32. The van der Waals surface area contributed by atoms with Crippen molar-refractivity contribution in [1.29, 1.82) is 0 Å². The fourth-order valence-corrected chi connectivity index (χ4v) is 1.38. The van der Waals surface area contributed by atoms with Gasteiger partial charge in [0, 0.05) is 13.2 Å². The highest BCUT2D eigenvalue weighted by Gasteiger charge is 2.11. The lowest BCUT2D eigenvalue weighted by Crippen LogP contribution is -2.15. The van der Waals surface area contributed by atoms with Gasteiger partial charge in [0.1, 0.15) is 5.69 Å². The zero-order chi connectivity index (χ0) is 11.5. The van der Waals surface area contributed by atoms with Gasteiger partial charge in [0.05, 0.1) is 29.4 Å². The van der Waals surface area contributed by atoms with Crippen LogP contribution in [0.2, 0.25) is 5.02 Å². The third-order valence-corrected chi connectivity index (χ3v) is 2.39. The predicted octanol–water partition coefficient (Wildman–Crippen LogP) is 1.72. The first kappa shape index (κ1) is 10.6. The van der Waals surface area contributed by atoms with Gasteiger partial charge in [0.25, 0.3) is 5.91 Å². The quantitative estimate of drug-likeness (QED) is 0.864. The lowest BCUT2D eigenvalue weighted by molar-refractivity contribution is 0.101. The number of carbonyl (C=O) groups is 1. The van der Waals surface area contributed by atoms with Crippen LogP contribution in [0.25, 0.3) is 0 Å². The minimum absolute atomic E-state index is 0.269. The molecule has 0 saturated heterocycles. The highest BCUT2D eigenvalue weighted by atomic mass is 35.5. The van der Waals surface area contributed by atoms with E-state index in [0.717, 1.165) is 0 Å². The van der Waals surface area contributed by atoms with Crippen LogP contribution in [0.5, 0.6) is 0 Å². The molecule has 0 fully saturated rings. The van der Waals surface area contributed by atoms with Crippen LogP contribution in [0.15, 0.2) is 31.0 Å². The summed E-state index contributed by atoms with van der Waals surface area (Å²) in [5.41, 5.74) is 0.940. The third-order valence-electron chi connectivity index (χ3n) is 2.07. The van der Waals surface area contributed by atoms with Crippen molar-refractivity contribution < 1.29 is 4.79 Å². The number of hydrogen-bond donors (Lipinski definition) is 1. The highest BCUT2D eigenvalue weighted by Crippen LogP contribution is 2.19. The first-order chi connectivity index (χ1) is 7.68. The average molecular weight is 237 g/mol. The molecule has 0 bridgehead atoms. The maximum Gasteiger partial charge on any atom is 0.274 e. The van der Waals surface area contributed by atoms with Crippen LogP contribution >= 0.6 is 11.6 Å². The van der Waals surface area contributed by atoms with Gasteiger partial charge in [0.2, 0.25) is 0 Å². The molecule has 0 saturated carbocycles. The van der Waals surface area contributed by atoms with Gasteiger partial charge in [0.15, 0.2) is 0 Å². The van der Waals surface area contributed by atoms with Crippen LogP contribution in [-0.2, 0) is 7.05 Å². The van der Waals surface area contributed by atoms with Gasteiger partial charge in [-0.25, -0.2) is 4.98 Å². The summed E-state index contributed by atoms with van der Waals surface area (Å²) < 4.78 is 1.62. The predicted molar refractivity (Wildman–Crippen MR) is 60.4 cm³/mol. The van der Waals surface area contributed by atoms with Crippen molar-refractivity contribution in [2.75, 3.05) is 5.32 Å². The van der Waals surface area contributed by atoms with Crippen molar-refractivity contribution in [2.45, 2.75) is 0 Å². The minimum Gasteiger partial charge on any atom is -0.330 e. The Morgan fingerprint density at radius 3 is 2.88 bits per heavy atom. The number of nitrogens with one attached hydrogen (secondary N) is 1. The fraction of sp³-hybridized carbons (Fsp3) is 0.100. The summed E-state index contributed by atoms with van der Waals surface area (Å²) in [7, 11) is 1.74. The molecule has 0 aromatic carbocycles. The lowest BCUT2D eigenvalue weighted by Gasteiger charge is -2.06. The van der Waals surface area contributed by atoms with Crippen LogP contribution in [0, 0.1) is 0 Å². The number of rotatable bonds is 2. The lowest BCUT2D eigenvalue weighted by atomic mass is 10.3. The molecule has 2 rings (SSSR count). The van der Waals surface area contributed by atoms with Gasteiger partial charge in [-0.3, -0.25) is 9.78 Å². The number of pyridine rings is 1. The molecular formula is C10H9ClN4O. The van der Waals surface area contributed by atoms with Crippen LogP contribution in [0.4, 0.5) is 5.69 Å². The van der Waals surface area contributed by atoms with Gasteiger partial charge < -0.3 is 9.88 Å². The molecule has 16 heavy (non-hydrogen) atoms. The summed E-state index contributed by atoms with van der Waals surface area (Å²) in [6.45, 7) is 0. The monoisotopic (exact) mass is 236 g/mol. The van der Waals surface area contributed by atoms with Gasteiger partial charge in [-0.15, -0.1) is 0 Å². The standard InChI is InChI=1S/C10H9ClN4O/c1-15-6-13-5-9(15)10(16)14-8-4-12-3-2-7(8)11/h2-6H,1H3,(H,14,16). The molecule has 0 spiro atoms.